The summed E-state index contributed by atoms with van der Waals surface area (Å²) in [5.41, 5.74) is 4.05. The average Bonchev–Trinajstić information content (AvgIpc) is 3.34. The summed E-state index contributed by atoms with van der Waals surface area (Å²) < 4.78 is 2.04. The predicted octanol–water partition coefficient (Wildman–Crippen LogP) is 1.95. The van der Waals surface area contributed by atoms with Gasteiger partial charge in [-0.1, -0.05) is 30.3 Å². The molecular formula is C21H20N4O2. The molecule has 4 heterocycles. The van der Waals surface area contributed by atoms with Crippen molar-refractivity contribution in [1.82, 2.24) is 19.8 Å². The van der Waals surface area contributed by atoms with Gasteiger partial charge < -0.3 is 14.6 Å². The third-order valence-corrected chi connectivity index (χ3v) is 5.58. The first-order chi connectivity index (χ1) is 13.2. The third kappa shape index (κ3) is 2.41. The number of fused-ring (bicyclic) bond motifs is 2. The predicted molar refractivity (Wildman–Crippen MR) is 101 cm³/mol. The maximum atomic E-state index is 13.3. The lowest BCUT2D eigenvalue weighted by Gasteiger charge is -2.43. The Bertz CT molecular complexity index is 997. The molecule has 1 saturated heterocycles. The number of aromatic nitrogens is 2. The first kappa shape index (κ1) is 16.2. The smallest absolute Gasteiger partial charge is 0.272 e. The van der Waals surface area contributed by atoms with Crippen LogP contribution in [-0.4, -0.2) is 38.6 Å². The number of pyridine rings is 1. The van der Waals surface area contributed by atoms with E-state index < -0.39 is 5.66 Å². The summed E-state index contributed by atoms with van der Waals surface area (Å²) in [6.07, 6.45) is 5.59. The van der Waals surface area contributed by atoms with Crippen molar-refractivity contribution in [3.63, 3.8) is 0 Å². The van der Waals surface area contributed by atoms with Crippen LogP contribution < -0.4 is 5.32 Å². The molecule has 0 bridgehead atoms. The zero-order chi connectivity index (χ0) is 18.4. The maximum Gasteiger partial charge on any atom is 0.272 e. The van der Waals surface area contributed by atoms with Gasteiger partial charge in [0.25, 0.3) is 5.91 Å². The number of rotatable bonds is 3. The van der Waals surface area contributed by atoms with E-state index in [0.717, 1.165) is 28.8 Å². The lowest BCUT2D eigenvalue weighted by Crippen LogP contribution is -2.57. The molecule has 6 heteroatoms. The number of benzene rings is 1. The fraction of sp³-hybridized carbons (Fsp3) is 0.238. The first-order valence-electron chi connectivity index (χ1n) is 9.09. The number of nitrogens with one attached hydrogen (secondary N) is 1. The molecule has 136 valence electrons. The van der Waals surface area contributed by atoms with Crippen LogP contribution in [0.3, 0.4) is 0 Å². The summed E-state index contributed by atoms with van der Waals surface area (Å²) in [5.74, 6) is 0.0348. The van der Waals surface area contributed by atoms with Crippen molar-refractivity contribution >= 4 is 5.91 Å². The molecule has 0 saturated carbocycles. The molecule has 6 nitrogen and oxygen atoms in total. The van der Waals surface area contributed by atoms with Gasteiger partial charge in [-0.15, -0.1) is 0 Å². The van der Waals surface area contributed by atoms with Crippen LogP contribution in [-0.2, 0) is 18.8 Å². The zero-order valence-corrected chi connectivity index (χ0v) is 14.8. The van der Waals surface area contributed by atoms with Crippen molar-refractivity contribution in [3.8, 4) is 11.1 Å². The molecule has 0 spiro atoms. The van der Waals surface area contributed by atoms with Gasteiger partial charge >= 0.3 is 0 Å². The van der Waals surface area contributed by atoms with E-state index in [-0.39, 0.29) is 12.5 Å². The van der Waals surface area contributed by atoms with Gasteiger partial charge in [0.1, 0.15) is 11.4 Å². The number of hydrogen-bond donors (Lipinski definition) is 2. The van der Waals surface area contributed by atoms with E-state index in [1.54, 1.807) is 6.20 Å². The Morgan fingerprint density at radius 1 is 1.19 bits per heavy atom. The number of aliphatic hydroxyl groups excluding tert-OH is 1. The molecule has 1 amide bonds. The van der Waals surface area contributed by atoms with Crippen LogP contribution in [0.25, 0.3) is 11.1 Å². The minimum Gasteiger partial charge on any atom is -0.392 e. The van der Waals surface area contributed by atoms with Crippen LogP contribution in [0.1, 0.15) is 21.6 Å². The number of carbonyl (C=O) groups is 1. The van der Waals surface area contributed by atoms with Crippen LogP contribution in [0.5, 0.6) is 0 Å². The number of hydrogen-bond acceptors (Lipinski definition) is 4. The van der Waals surface area contributed by atoms with Crippen LogP contribution >= 0.6 is 0 Å². The van der Waals surface area contributed by atoms with Crippen molar-refractivity contribution in [2.24, 2.45) is 0 Å². The Hall–Kier alpha value is -2.96. The van der Waals surface area contributed by atoms with Gasteiger partial charge in [0.2, 0.25) is 0 Å². The topological polar surface area (TPSA) is 70.4 Å². The molecule has 1 unspecified atom stereocenters. The minimum atomic E-state index is -0.552. The highest BCUT2D eigenvalue weighted by Crippen LogP contribution is 2.38. The lowest BCUT2D eigenvalue weighted by atomic mass is 9.95. The number of carbonyl (C=O) groups excluding carboxylic acids is 1. The highest BCUT2D eigenvalue weighted by molar-refractivity contribution is 5.96. The fourth-order valence-electron chi connectivity index (χ4n) is 4.21. The maximum absolute atomic E-state index is 13.3. The molecule has 2 aliphatic rings. The van der Waals surface area contributed by atoms with Gasteiger partial charge in [0.15, 0.2) is 0 Å². The molecule has 2 N–H and O–H groups in total. The Morgan fingerprint density at radius 2 is 2.04 bits per heavy atom. The monoisotopic (exact) mass is 360 g/mol. The van der Waals surface area contributed by atoms with Crippen LogP contribution in [0.2, 0.25) is 0 Å². The molecular weight excluding hydrogens is 340 g/mol. The largest absolute Gasteiger partial charge is 0.392 e. The Morgan fingerprint density at radius 3 is 2.78 bits per heavy atom. The molecule has 2 aliphatic heterocycles. The standard InChI is InChI=1S/C21H20N4O2/c26-13-15-3-5-18(6-4-15)21-14-24-12-17(16-2-1-7-22-11-16)10-19(24)20(27)25(21)9-8-23-21/h1-7,10-12,23,26H,8-9,13-14H2. The molecule has 1 aromatic carbocycles. The van der Waals surface area contributed by atoms with Crippen molar-refractivity contribution in [1.29, 1.82) is 0 Å². The molecule has 5 rings (SSSR count). The Kier molecular flexibility index (Phi) is 3.63. The molecule has 3 aromatic rings. The van der Waals surface area contributed by atoms with Gasteiger partial charge in [-0.3, -0.25) is 15.1 Å². The quantitative estimate of drug-likeness (QED) is 0.749. The van der Waals surface area contributed by atoms with Crippen molar-refractivity contribution in [3.05, 3.63) is 77.9 Å². The van der Waals surface area contributed by atoms with E-state index in [0.29, 0.717) is 18.8 Å². The molecule has 0 aliphatic carbocycles. The Labute approximate surface area is 157 Å². The normalized spacial score (nSPS) is 21.2. The van der Waals surface area contributed by atoms with Crippen LogP contribution in [0.4, 0.5) is 0 Å². The van der Waals surface area contributed by atoms with Gasteiger partial charge in [-0.25, -0.2) is 0 Å². The number of amides is 1. The highest BCUT2D eigenvalue weighted by Gasteiger charge is 2.49. The van der Waals surface area contributed by atoms with Crippen molar-refractivity contribution < 1.29 is 9.90 Å². The summed E-state index contributed by atoms with van der Waals surface area (Å²) in [6.45, 7) is 2.09. The van der Waals surface area contributed by atoms with E-state index >= 15 is 0 Å². The first-order valence-corrected chi connectivity index (χ1v) is 9.09. The van der Waals surface area contributed by atoms with Crippen LogP contribution in [0.15, 0.2) is 61.1 Å². The lowest BCUT2D eigenvalue weighted by molar-refractivity contribution is 0.0398. The van der Waals surface area contributed by atoms with E-state index in [1.165, 1.54) is 0 Å². The van der Waals surface area contributed by atoms with Crippen LogP contribution in [0, 0.1) is 0 Å². The number of nitrogens with zero attached hydrogens (tertiary/aromatic N) is 3. The zero-order valence-electron chi connectivity index (χ0n) is 14.8. The Balaban J connectivity index is 1.59. The SMILES string of the molecule is O=C1c2cc(-c3cccnc3)cn2CC2(c3ccc(CO)cc3)NCCN12. The molecule has 27 heavy (non-hydrogen) atoms. The third-order valence-electron chi connectivity index (χ3n) is 5.58. The highest BCUT2D eigenvalue weighted by atomic mass is 16.3. The second-order valence-electron chi connectivity index (χ2n) is 7.08. The molecule has 2 aromatic heterocycles. The summed E-state index contributed by atoms with van der Waals surface area (Å²) in [6, 6.07) is 13.7. The summed E-state index contributed by atoms with van der Waals surface area (Å²) in [7, 11) is 0. The summed E-state index contributed by atoms with van der Waals surface area (Å²) in [5, 5.41) is 12.9. The van der Waals surface area contributed by atoms with E-state index in [9.17, 15) is 9.90 Å². The van der Waals surface area contributed by atoms with Crippen molar-refractivity contribution in [2.45, 2.75) is 18.8 Å². The van der Waals surface area contributed by atoms with Gasteiger partial charge in [-0.2, -0.15) is 0 Å². The molecule has 1 atom stereocenters. The van der Waals surface area contributed by atoms with E-state index in [4.69, 9.17) is 0 Å². The summed E-state index contributed by atoms with van der Waals surface area (Å²) >= 11 is 0. The summed E-state index contributed by atoms with van der Waals surface area (Å²) in [4.78, 5) is 19.4. The van der Waals surface area contributed by atoms with E-state index in [1.807, 2.05) is 64.3 Å². The van der Waals surface area contributed by atoms with Gasteiger partial charge in [0.05, 0.1) is 13.2 Å². The molecule has 1 fully saturated rings. The average molecular weight is 360 g/mol. The second kappa shape index (κ2) is 6.04. The van der Waals surface area contributed by atoms with Gasteiger partial charge in [-0.05, 0) is 23.3 Å². The minimum absolute atomic E-state index is 0.0135. The van der Waals surface area contributed by atoms with E-state index in [2.05, 4.69) is 10.3 Å². The van der Waals surface area contributed by atoms with Crippen molar-refractivity contribution in [2.75, 3.05) is 13.1 Å². The number of aliphatic hydroxyl groups is 1. The fourth-order valence-corrected chi connectivity index (χ4v) is 4.21. The second-order valence-corrected chi connectivity index (χ2v) is 7.08. The molecule has 0 radical (unpaired) electrons. The van der Waals surface area contributed by atoms with Gasteiger partial charge in [0, 0.05) is 42.8 Å².